The van der Waals surface area contributed by atoms with E-state index in [0.717, 1.165) is 16.8 Å². The molecular formula is C24H19F3N2O2. The fraction of sp³-hybridized carbons (Fsp3) is 0.292. The van der Waals surface area contributed by atoms with E-state index in [-0.39, 0.29) is 17.6 Å². The summed E-state index contributed by atoms with van der Waals surface area (Å²) in [6.07, 6.45) is -0.899. The van der Waals surface area contributed by atoms with Crippen molar-refractivity contribution in [1.29, 1.82) is 0 Å². The summed E-state index contributed by atoms with van der Waals surface area (Å²) in [7, 11) is 0. The summed E-state index contributed by atoms with van der Waals surface area (Å²) in [5.74, 6) is -1.18. The predicted octanol–water partition coefficient (Wildman–Crippen LogP) is 4.42. The van der Waals surface area contributed by atoms with Crippen molar-refractivity contribution in [2.75, 3.05) is 5.32 Å². The van der Waals surface area contributed by atoms with Crippen molar-refractivity contribution in [3.05, 3.63) is 89.3 Å². The van der Waals surface area contributed by atoms with Crippen LogP contribution in [-0.2, 0) is 21.4 Å². The zero-order valence-corrected chi connectivity index (χ0v) is 16.4. The molecule has 0 radical (unpaired) electrons. The number of halogens is 3. The molecule has 2 heterocycles. The lowest BCUT2D eigenvalue weighted by molar-refractivity contribution is -0.310. The van der Waals surface area contributed by atoms with E-state index < -0.39 is 23.2 Å². The van der Waals surface area contributed by atoms with Crippen LogP contribution in [0.3, 0.4) is 0 Å². The number of hydrogen-bond acceptors (Lipinski definition) is 3. The van der Waals surface area contributed by atoms with Crippen molar-refractivity contribution in [1.82, 2.24) is 5.32 Å². The van der Waals surface area contributed by atoms with Gasteiger partial charge in [0, 0.05) is 17.3 Å². The number of para-hydroxylation sites is 1. The third-order valence-corrected chi connectivity index (χ3v) is 7.24. The molecule has 6 rings (SSSR count). The van der Waals surface area contributed by atoms with E-state index in [9.17, 15) is 18.0 Å². The minimum atomic E-state index is -4.81. The van der Waals surface area contributed by atoms with E-state index in [1.165, 1.54) is 6.08 Å². The van der Waals surface area contributed by atoms with Crippen LogP contribution < -0.4 is 10.6 Å². The largest absolute Gasteiger partial charge is 0.572 e. The Kier molecular flexibility index (Phi) is 3.55. The highest BCUT2D eigenvalue weighted by atomic mass is 19.4. The molecule has 0 unspecified atom stereocenters. The molecule has 0 bridgehead atoms. The molecule has 4 nitrogen and oxygen atoms in total. The van der Waals surface area contributed by atoms with Crippen LogP contribution in [0.5, 0.6) is 0 Å². The molecule has 4 atom stereocenters. The second-order valence-electron chi connectivity index (χ2n) is 8.67. The van der Waals surface area contributed by atoms with Gasteiger partial charge in [-0.25, -0.2) is 0 Å². The van der Waals surface area contributed by atoms with Gasteiger partial charge in [0.05, 0.1) is 5.41 Å². The quantitative estimate of drug-likeness (QED) is 0.767. The topological polar surface area (TPSA) is 50.4 Å². The lowest BCUT2D eigenvalue weighted by atomic mass is 9.62. The molecule has 1 amide bonds. The summed E-state index contributed by atoms with van der Waals surface area (Å²) in [4.78, 5) is 13.4. The van der Waals surface area contributed by atoms with Gasteiger partial charge in [-0.1, -0.05) is 48.5 Å². The van der Waals surface area contributed by atoms with Crippen LogP contribution in [0.2, 0.25) is 0 Å². The van der Waals surface area contributed by atoms with Crippen LogP contribution in [0.1, 0.15) is 17.5 Å². The standard InChI is InChI=1S/C24H19F3N2O2/c25-24(26,27)31-18-10-11-19-23-16-8-4-5-9-17(16)29-22(23,21(30)28-19)13-15(20(18)23)12-14-6-2-1-3-7-14/h1-11,15,20,29H,12-13H2,(H,28,30)/t15-,20-,22-,23+/m0/s1. The molecule has 158 valence electrons. The Morgan fingerprint density at radius 3 is 2.55 bits per heavy atom. The molecule has 1 saturated carbocycles. The van der Waals surface area contributed by atoms with Crippen molar-refractivity contribution in [3.8, 4) is 0 Å². The van der Waals surface area contributed by atoms with Gasteiger partial charge in [0.15, 0.2) is 0 Å². The maximum atomic E-state index is 13.4. The zero-order valence-electron chi connectivity index (χ0n) is 16.4. The van der Waals surface area contributed by atoms with Crippen molar-refractivity contribution in [2.24, 2.45) is 11.8 Å². The number of rotatable bonds is 3. The third kappa shape index (κ3) is 2.29. The van der Waals surface area contributed by atoms with E-state index in [4.69, 9.17) is 0 Å². The number of anilines is 1. The second-order valence-corrected chi connectivity index (χ2v) is 8.67. The van der Waals surface area contributed by atoms with E-state index in [1.54, 1.807) is 6.08 Å². The number of alkyl halides is 3. The maximum absolute atomic E-state index is 13.4. The number of hydrogen-bond donors (Lipinski definition) is 2. The van der Waals surface area contributed by atoms with Gasteiger partial charge < -0.3 is 15.4 Å². The van der Waals surface area contributed by atoms with Crippen molar-refractivity contribution < 1.29 is 22.7 Å². The molecular weight excluding hydrogens is 405 g/mol. The van der Waals surface area contributed by atoms with Crippen LogP contribution in [0.15, 0.2) is 78.2 Å². The molecule has 2 aromatic rings. The molecule has 1 spiro atoms. The van der Waals surface area contributed by atoms with Crippen molar-refractivity contribution in [3.63, 3.8) is 0 Å². The fourth-order valence-electron chi connectivity index (χ4n) is 6.43. The number of benzene rings is 2. The SMILES string of the molecule is O=C1NC2=CC=C(OC(F)(F)F)[C@@H]3[C@@H](Cc4ccccc4)C[C@]14Nc1ccccc1[C@@]234. The normalized spacial score (nSPS) is 32.3. The first-order valence-corrected chi connectivity index (χ1v) is 10.3. The third-order valence-electron chi connectivity index (χ3n) is 7.24. The Labute approximate surface area is 176 Å². The molecule has 7 heteroatoms. The van der Waals surface area contributed by atoms with Gasteiger partial charge in [0.25, 0.3) is 5.91 Å². The van der Waals surface area contributed by atoms with Crippen LogP contribution in [0.4, 0.5) is 18.9 Å². The highest BCUT2D eigenvalue weighted by Crippen LogP contribution is 2.70. The summed E-state index contributed by atoms with van der Waals surface area (Å²) in [6, 6.07) is 17.2. The summed E-state index contributed by atoms with van der Waals surface area (Å²) in [5.41, 5.74) is 1.31. The molecule has 2 fully saturated rings. The highest BCUT2D eigenvalue weighted by Gasteiger charge is 2.78. The lowest BCUT2D eigenvalue weighted by Gasteiger charge is -2.40. The van der Waals surface area contributed by atoms with Crippen LogP contribution in [-0.4, -0.2) is 17.8 Å². The molecule has 4 aliphatic rings. The Bertz CT molecular complexity index is 1160. The fourth-order valence-corrected chi connectivity index (χ4v) is 6.43. The maximum Gasteiger partial charge on any atom is 0.572 e. The molecule has 2 aliphatic heterocycles. The molecule has 1 saturated heterocycles. The average Bonchev–Trinajstić information content (AvgIpc) is 3.26. The number of allylic oxidation sites excluding steroid dienone is 3. The zero-order chi connectivity index (χ0) is 21.4. The average molecular weight is 424 g/mol. The van der Waals surface area contributed by atoms with Gasteiger partial charge in [-0.2, -0.15) is 0 Å². The van der Waals surface area contributed by atoms with Gasteiger partial charge in [0.1, 0.15) is 11.3 Å². The number of carbonyl (C=O) groups excluding carboxylic acids is 1. The Hall–Kier alpha value is -3.22. The first kappa shape index (κ1) is 18.5. The molecule has 2 aromatic carbocycles. The monoisotopic (exact) mass is 424 g/mol. The Balaban J connectivity index is 1.56. The molecule has 0 aromatic heterocycles. The van der Waals surface area contributed by atoms with Gasteiger partial charge in [0.2, 0.25) is 0 Å². The Morgan fingerprint density at radius 1 is 1.03 bits per heavy atom. The number of ether oxygens (including phenoxy) is 1. The summed E-state index contributed by atoms with van der Waals surface area (Å²) >= 11 is 0. The predicted molar refractivity (Wildman–Crippen MR) is 108 cm³/mol. The van der Waals surface area contributed by atoms with Crippen LogP contribution in [0, 0.1) is 11.8 Å². The smallest absolute Gasteiger partial charge is 0.410 e. The molecule has 31 heavy (non-hydrogen) atoms. The van der Waals surface area contributed by atoms with Crippen molar-refractivity contribution >= 4 is 11.6 Å². The highest BCUT2D eigenvalue weighted by molar-refractivity contribution is 6.03. The summed E-state index contributed by atoms with van der Waals surface area (Å²) < 4.78 is 44.8. The van der Waals surface area contributed by atoms with Gasteiger partial charge >= 0.3 is 6.36 Å². The van der Waals surface area contributed by atoms with E-state index in [1.807, 2.05) is 54.6 Å². The van der Waals surface area contributed by atoms with Gasteiger partial charge in [-0.05, 0) is 48.1 Å². The minimum Gasteiger partial charge on any atom is -0.410 e. The van der Waals surface area contributed by atoms with Crippen molar-refractivity contribution in [2.45, 2.75) is 30.2 Å². The van der Waals surface area contributed by atoms with Gasteiger partial charge in [-0.3, -0.25) is 4.79 Å². The molecule has 2 N–H and O–H groups in total. The first-order chi connectivity index (χ1) is 14.8. The number of fused-ring (bicyclic) bond motifs is 1. The minimum absolute atomic E-state index is 0.131. The number of nitrogens with one attached hydrogen (secondary N) is 2. The number of carbonyl (C=O) groups is 1. The molecule has 2 aliphatic carbocycles. The van der Waals surface area contributed by atoms with Gasteiger partial charge in [-0.15, -0.1) is 13.2 Å². The first-order valence-electron chi connectivity index (χ1n) is 10.3. The Morgan fingerprint density at radius 2 is 1.77 bits per heavy atom. The summed E-state index contributed by atoms with van der Waals surface area (Å²) in [5, 5.41) is 6.38. The van der Waals surface area contributed by atoms with E-state index in [2.05, 4.69) is 15.4 Å². The van der Waals surface area contributed by atoms with E-state index in [0.29, 0.717) is 18.5 Å². The van der Waals surface area contributed by atoms with E-state index >= 15 is 0 Å². The second kappa shape index (κ2) is 5.93. The summed E-state index contributed by atoms with van der Waals surface area (Å²) in [6.45, 7) is 0. The van der Waals surface area contributed by atoms with Crippen LogP contribution in [0.25, 0.3) is 0 Å². The van der Waals surface area contributed by atoms with Crippen LogP contribution >= 0.6 is 0 Å². The number of amides is 1. The lowest BCUT2D eigenvalue weighted by Crippen LogP contribution is -2.53.